The molecule has 66 valence electrons. The predicted molar refractivity (Wildman–Crippen MR) is 44.0 cm³/mol. The van der Waals surface area contributed by atoms with Crippen molar-refractivity contribution in [3.63, 3.8) is 0 Å². The van der Waals surface area contributed by atoms with Crippen LogP contribution in [0.25, 0.3) is 0 Å². The Morgan fingerprint density at radius 2 is 2.33 bits per heavy atom. The fourth-order valence-corrected chi connectivity index (χ4v) is 1.00. The van der Waals surface area contributed by atoms with E-state index in [1.54, 1.807) is 12.1 Å². The van der Waals surface area contributed by atoms with Gasteiger partial charge in [0.05, 0.1) is 7.11 Å². The van der Waals surface area contributed by atoms with Gasteiger partial charge in [0.15, 0.2) is 0 Å². The third kappa shape index (κ3) is 1.72. The maximum atomic E-state index is 13.0. The van der Waals surface area contributed by atoms with E-state index in [0.717, 1.165) is 0 Å². The van der Waals surface area contributed by atoms with Crippen molar-refractivity contribution < 1.29 is 9.13 Å². The van der Waals surface area contributed by atoms with Crippen LogP contribution in [0.15, 0.2) is 18.2 Å². The first-order chi connectivity index (χ1) is 5.79. The van der Waals surface area contributed by atoms with Crippen LogP contribution in [0.4, 0.5) is 4.39 Å². The normalized spacial score (nSPS) is 9.92. The molecule has 0 saturated carbocycles. The Balaban J connectivity index is 3.02. The molecule has 0 aromatic heterocycles. The highest BCUT2D eigenvalue weighted by Crippen LogP contribution is 2.20. The fourth-order valence-electron chi connectivity index (χ4n) is 1.00. The van der Waals surface area contributed by atoms with Gasteiger partial charge in [0.25, 0.3) is 0 Å². The van der Waals surface area contributed by atoms with Gasteiger partial charge in [-0.05, 0) is 12.1 Å². The lowest BCUT2D eigenvalue weighted by atomic mass is 10.2. The number of benzene rings is 1. The van der Waals surface area contributed by atoms with Crippen LogP contribution in [0.2, 0.25) is 0 Å². The number of rotatable bonds is 3. The summed E-state index contributed by atoms with van der Waals surface area (Å²) in [5.74, 6) is 5.28. The molecule has 0 aliphatic carbocycles. The summed E-state index contributed by atoms with van der Waals surface area (Å²) in [6.07, 6.45) is 0. The molecule has 0 bridgehead atoms. The van der Waals surface area contributed by atoms with E-state index >= 15 is 0 Å². The molecule has 0 aliphatic heterocycles. The van der Waals surface area contributed by atoms with E-state index in [9.17, 15) is 4.39 Å². The Kier molecular flexibility index (Phi) is 3.01. The number of nitrogens with one attached hydrogen (secondary N) is 1. The largest absolute Gasteiger partial charge is 0.496 e. The fraction of sp³-hybridized carbons (Fsp3) is 0.250. The SMILES string of the molecule is COc1cccc(F)c1CNN. The smallest absolute Gasteiger partial charge is 0.131 e. The summed E-state index contributed by atoms with van der Waals surface area (Å²) in [5, 5.41) is 0. The van der Waals surface area contributed by atoms with E-state index in [1.807, 2.05) is 0 Å². The lowest BCUT2D eigenvalue weighted by Gasteiger charge is -2.07. The van der Waals surface area contributed by atoms with Crippen LogP contribution in [0.1, 0.15) is 5.56 Å². The first kappa shape index (κ1) is 8.96. The molecule has 0 unspecified atom stereocenters. The highest BCUT2D eigenvalue weighted by Gasteiger charge is 2.06. The quantitative estimate of drug-likeness (QED) is 0.521. The van der Waals surface area contributed by atoms with Gasteiger partial charge < -0.3 is 4.74 Å². The van der Waals surface area contributed by atoms with Crippen LogP contribution >= 0.6 is 0 Å². The van der Waals surface area contributed by atoms with Gasteiger partial charge in [-0.2, -0.15) is 0 Å². The van der Waals surface area contributed by atoms with Gasteiger partial charge >= 0.3 is 0 Å². The van der Waals surface area contributed by atoms with Crippen LogP contribution in [0, 0.1) is 5.82 Å². The summed E-state index contributed by atoms with van der Waals surface area (Å²) < 4.78 is 18.0. The molecule has 0 aliphatic rings. The van der Waals surface area contributed by atoms with Gasteiger partial charge in [-0.1, -0.05) is 6.07 Å². The number of methoxy groups -OCH3 is 1. The molecule has 0 heterocycles. The lowest BCUT2D eigenvalue weighted by Crippen LogP contribution is -2.21. The van der Waals surface area contributed by atoms with E-state index in [4.69, 9.17) is 10.6 Å². The predicted octanol–water partition coefficient (Wildman–Crippen LogP) is 0.798. The summed E-state index contributed by atoms with van der Waals surface area (Å²) in [7, 11) is 1.49. The summed E-state index contributed by atoms with van der Waals surface area (Å²) in [6, 6.07) is 4.65. The number of nitrogens with two attached hydrogens (primary N) is 1. The number of hydrogen-bond donors (Lipinski definition) is 2. The second-order valence-corrected chi connectivity index (χ2v) is 2.30. The molecular weight excluding hydrogens is 159 g/mol. The van der Waals surface area contributed by atoms with Crippen molar-refractivity contribution in [3.8, 4) is 5.75 Å². The molecule has 1 aromatic rings. The zero-order valence-electron chi connectivity index (χ0n) is 6.80. The van der Waals surface area contributed by atoms with Gasteiger partial charge in [0.1, 0.15) is 11.6 Å². The Labute approximate surface area is 70.3 Å². The van der Waals surface area contributed by atoms with Crippen LogP contribution in [-0.4, -0.2) is 7.11 Å². The van der Waals surface area contributed by atoms with Gasteiger partial charge in [-0.3, -0.25) is 11.3 Å². The molecule has 3 nitrogen and oxygen atoms in total. The molecule has 0 saturated heterocycles. The molecule has 1 aromatic carbocycles. The van der Waals surface area contributed by atoms with Gasteiger partial charge in [0, 0.05) is 12.1 Å². The molecule has 4 heteroatoms. The van der Waals surface area contributed by atoms with Crippen molar-refractivity contribution in [2.24, 2.45) is 5.84 Å². The molecule has 0 radical (unpaired) electrons. The summed E-state index contributed by atoms with van der Waals surface area (Å²) >= 11 is 0. The van der Waals surface area contributed by atoms with Crippen molar-refractivity contribution in [3.05, 3.63) is 29.6 Å². The molecule has 0 fully saturated rings. The van der Waals surface area contributed by atoms with E-state index in [1.165, 1.54) is 13.2 Å². The number of ether oxygens (including phenoxy) is 1. The Morgan fingerprint density at radius 1 is 1.58 bits per heavy atom. The van der Waals surface area contributed by atoms with Crippen LogP contribution in [0.5, 0.6) is 5.75 Å². The average molecular weight is 170 g/mol. The van der Waals surface area contributed by atoms with Crippen molar-refractivity contribution in [1.29, 1.82) is 0 Å². The average Bonchev–Trinajstić information content (AvgIpc) is 2.09. The van der Waals surface area contributed by atoms with Crippen LogP contribution < -0.4 is 16.0 Å². The van der Waals surface area contributed by atoms with Crippen molar-refractivity contribution >= 4 is 0 Å². The number of hydrogen-bond acceptors (Lipinski definition) is 3. The van der Waals surface area contributed by atoms with E-state index in [0.29, 0.717) is 11.3 Å². The van der Waals surface area contributed by atoms with E-state index in [-0.39, 0.29) is 12.4 Å². The molecule has 3 N–H and O–H groups in total. The minimum Gasteiger partial charge on any atom is -0.496 e. The Hall–Kier alpha value is -1.13. The summed E-state index contributed by atoms with van der Waals surface area (Å²) in [6.45, 7) is 0.260. The highest BCUT2D eigenvalue weighted by molar-refractivity contribution is 5.34. The van der Waals surface area contributed by atoms with Crippen molar-refractivity contribution in [2.75, 3.05) is 7.11 Å². The second kappa shape index (κ2) is 4.04. The van der Waals surface area contributed by atoms with Gasteiger partial charge in [-0.25, -0.2) is 4.39 Å². The third-order valence-electron chi connectivity index (χ3n) is 1.57. The van der Waals surface area contributed by atoms with Crippen molar-refractivity contribution in [1.82, 2.24) is 5.43 Å². The van der Waals surface area contributed by atoms with Crippen LogP contribution in [-0.2, 0) is 6.54 Å². The van der Waals surface area contributed by atoms with E-state index < -0.39 is 0 Å². The Bertz CT molecular complexity index is 265. The third-order valence-corrected chi connectivity index (χ3v) is 1.57. The zero-order valence-corrected chi connectivity index (χ0v) is 6.80. The van der Waals surface area contributed by atoms with Crippen molar-refractivity contribution in [2.45, 2.75) is 6.54 Å². The highest BCUT2D eigenvalue weighted by atomic mass is 19.1. The van der Waals surface area contributed by atoms with E-state index in [2.05, 4.69) is 5.43 Å². The molecule has 0 spiro atoms. The summed E-state index contributed by atoms with van der Waals surface area (Å²) in [5.41, 5.74) is 2.83. The molecule has 0 atom stereocenters. The Morgan fingerprint density at radius 3 is 2.92 bits per heavy atom. The maximum absolute atomic E-state index is 13.0. The minimum absolute atomic E-state index is 0.260. The monoisotopic (exact) mass is 170 g/mol. The molecule has 1 rings (SSSR count). The molecular formula is C8H11FN2O. The molecule has 12 heavy (non-hydrogen) atoms. The second-order valence-electron chi connectivity index (χ2n) is 2.30. The van der Waals surface area contributed by atoms with Gasteiger partial charge in [-0.15, -0.1) is 0 Å². The number of hydrazine groups is 1. The first-order valence-corrected chi connectivity index (χ1v) is 3.54. The first-order valence-electron chi connectivity index (χ1n) is 3.54. The maximum Gasteiger partial charge on any atom is 0.131 e. The van der Waals surface area contributed by atoms with Crippen LogP contribution in [0.3, 0.4) is 0 Å². The standard InChI is InChI=1S/C8H11FN2O/c1-12-8-4-2-3-7(9)6(8)5-11-10/h2-4,11H,5,10H2,1H3. The zero-order chi connectivity index (χ0) is 8.97. The topological polar surface area (TPSA) is 47.3 Å². The molecule has 0 amide bonds. The van der Waals surface area contributed by atoms with Gasteiger partial charge in [0.2, 0.25) is 0 Å². The number of halogens is 1. The lowest BCUT2D eigenvalue weighted by molar-refractivity contribution is 0.402. The summed E-state index contributed by atoms with van der Waals surface area (Å²) in [4.78, 5) is 0. The minimum atomic E-state index is -0.313.